The molecular weight excluding hydrogens is 570 g/mol. The van der Waals surface area contributed by atoms with Crippen LogP contribution in [0.25, 0.3) is 6.08 Å². The number of halogens is 2. The summed E-state index contributed by atoms with van der Waals surface area (Å²) in [5, 5.41) is 11.1. The quantitative estimate of drug-likeness (QED) is 0.288. The Bertz CT molecular complexity index is 1330. The van der Waals surface area contributed by atoms with Crippen LogP contribution in [0, 0.1) is 12.3 Å². The second kappa shape index (κ2) is 12.7. The number of aliphatic imine (C=N–C) groups is 1. The molecule has 0 saturated carbocycles. The summed E-state index contributed by atoms with van der Waals surface area (Å²) < 4.78 is 16.9. The van der Waals surface area contributed by atoms with Crippen LogP contribution in [0.5, 0.6) is 11.5 Å². The maximum Gasteiger partial charge on any atom is 0.344 e. The fourth-order valence-corrected chi connectivity index (χ4v) is 4.92. The Labute approximate surface area is 226 Å². The number of nitrogens with zero attached hydrogens (tertiary/aromatic N) is 1. The molecule has 1 aliphatic heterocycles. The third kappa shape index (κ3) is 6.32. The van der Waals surface area contributed by atoms with Crippen molar-refractivity contribution in [3.8, 4) is 23.8 Å². The first-order chi connectivity index (χ1) is 17.3. The molecule has 1 N–H and O–H groups in total. The normalized spacial score (nSPS) is 15.2. The number of amides is 1. The number of hydrogen-bond acceptors (Lipinski definition) is 7. The van der Waals surface area contributed by atoms with Crippen LogP contribution >= 0.6 is 39.3 Å². The summed E-state index contributed by atoms with van der Waals surface area (Å²) >= 11 is 10.5. The predicted molar refractivity (Wildman–Crippen MR) is 145 cm³/mol. The lowest BCUT2D eigenvalue weighted by Crippen LogP contribution is -2.14. The zero-order chi connectivity index (χ0) is 26.2. The minimum Gasteiger partial charge on any atom is -0.506 e. The highest BCUT2D eigenvalue weighted by Gasteiger charge is 2.34. The van der Waals surface area contributed by atoms with Crippen LogP contribution in [0.2, 0.25) is 5.02 Å². The van der Waals surface area contributed by atoms with Crippen molar-refractivity contribution in [2.24, 2.45) is 4.99 Å². The Kier molecular flexibility index (Phi) is 9.65. The van der Waals surface area contributed by atoms with Gasteiger partial charge in [0.25, 0.3) is 5.91 Å². The van der Waals surface area contributed by atoms with Crippen LogP contribution in [-0.2, 0) is 9.53 Å². The molecule has 7 nitrogen and oxygen atoms in total. The highest BCUT2D eigenvalue weighted by molar-refractivity contribution is 9.10. The largest absolute Gasteiger partial charge is 0.506 e. The van der Waals surface area contributed by atoms with Crippen molar-refractivity contribution < 1.29 is 28.9 Å². The number of carbonyl (C=O) groups excluding carboxylic acids is 2. The summed E-state index contributed by atoms with van der Waals surface area (Å²) in [5.74, 6) is 1.47. The SMILES string of the molecule is C#CCOc1c(Br)cc(/C=C2\SC(=NC(=O)c3ccccc3Cl)C(C(=O)OCC)=C2O)cc1OCC. The third-order valence-corrected chi connectivity index (χ3v) is 6.55. The summed E-state index contributed by atoms with van der Waals surface area (Å²) in [6.45, 7) is 3.98. The number of aliphatic hydroxyl groups excluding tert-OH is 1. The van der Waals surface area contributed by atoms with Gasteiger partial charge in [0.15, 0.2) is 11.5 Å². The van der Waals surface area contributed by atoms with E-state index in [9.17, 15) is 14.7 Å². The number of carbonyl (C=O) groups is 2. The molecule has 0 spiro atoms. The molecule has 0 aromatic heterocycles. The molecule has 36 heavy (non-hydrogen) atoms. The van der Waals surface area contributed by atoms with E-state index >= 15 is 0 Å². The molecule has 0 aliphatic carbocycles. The van der Waals surface area contributed by atoms with Gasteiger partial charge in [-0.2, -0.15) is 0 Å². The fraction of sp³-hybridized carbons (Fsp3) is 0.192. The standard InChI is InChI=1S/C26H21BrClNO6S/c1-4-11-35-23-17(27)12-15(13-19(23)33-5-2)14-20-22(30)21(26(32)34-6-3)25(36-20)29-24(31)16-9-7-8-10-18(16)28/h1,7-10,12-14,30H,5-6,11H2,2-3H3/b20-14-,29-25?. The molecule has 186 valence electrons. The lowest BCUT2D eigenvalue weighted by molar-refractivity contribution is -0.138. The zero-order valence-corrected chi connectivity index (χ0v) is 22.5. The molecule has 1 aliphatic rings. The Hall–Kier alpha value is -3.19. The van der Waals surface area contributed by atoms with E-state index in [-0.39, 0.29) is 45.1 Å². The van der Waals surface area contributed by atoms with Gasteiger partial charge in [-0.25, -0.2) is 9.79 Å². The van der Waals surface area contributed by atoms with Gasteiger partial charge in [0.05, 0.1) is 33.2 Å². The summed E-state index contributed by atoms with van der Waals surface area (Å²) in [6, 6.07) is 9.86. The molecule has 0 saturated heterocycles. The predicted octanol–water partition coefficient (Wildman–Crippen LogP) is 6.22. The second-order valence-corrected chi connectivity index (χ2v) is 9.30. The van der Waals surface area contributed by atoms with E-state index in [1.165, 1.54) is 6.07 Å². The van der Waals surface area contributed by atoms with E-state index < -0.39 is 11.9 Å². The van der Waals surface area contributed by atoms with Crippen LogP contribution in [0.15, 0.2) is 62.1 Å². The van der Waals surface area contributed by atoms with Gasteiger partial charge in [0.1, 0.15) is 23.0 Å². The summed E-state index contributed by atoms with van der Waals surface area (Å²) in [5.41, 5.74) is 0.584. The number of rotatable bonds is 8. The lowest BCUT2D eigenvalue weighted by Gasteiger charge is -2.13. The Balaban J connectivity index is 2.06. The van der Waals surface area contributed by atoms with Gasteiger partial charge in [-0.15, -0.1) is 6.42 Å². The number of terminal acetylenes is 1. The fourth-order valence-electron chi connectivity index (χ4n) is 3.12. The highest BCUT2D eigenvalue weighted by atomic mass is 79.9. The van der Waals surface area contributed by atoms with Crippen LogP contribution in [-0.4, -0.2) is 41.8 Å². The van der Waals surface area contributed by atoms with Crippen LogP contribution < -0.4 is 9.47 Å². The maximum atomic E-state index is 12.8. The number of esters is 1. The van der Waals surface area contributed by atoms with Crippen molar-refractivity contribution in [2.45, 2.75) is 13.8 Å². The van der Waals surface area contributed by atoms with Crippen molar-refractivity contribution in [3.63, 3.8) is 0 Å². The van der Waals surface area contributed by atoms with Crippen LogP contribution in [0.1, 0.15) is 29.8 Å². The number of ether oxygens (including phenoxy) is 3. The molecule has 1 amide bonds. The minimum atomic E-state index is -0.800. The van der Waals surface area contributed by atoms with Gasteiger partial charge in [-0.3, -0.25) is 4.79 Å². The van der Waals surface area contributed by atoms with Crippen molar-refractivity contribution in [2.75, 3.05) is 19.8 Å². The third-order valence-electron chi connectivity index (χ3n) is 4.61. The molecule has 3 rings (SSSR count). The van der Waals surface area contributed by atoms with Crippen LogP contribution in [0.4, 0.5) is 0 Å². The second-order valence-electron chi connectivity index (χ2n) is 7.01. The van der Waals surface area contributed by atoms with E-state index in [4.69, 9.17) is 32.2 Å². The van der Waals surface area contributed by atoms with Crippen LogP contribution in [0.3, 0.4) is 0 Å². The van der Waals surface area contributed by atoms with E-state index in [1.54, 1.807) is 43.3 Å². The van der Waals surface area contributed by atoms with E-state index in [1.807, 2.05) is 6.92 Å². The molecular formula is C26H21BrClNO6S. The average molecular weight is 591 g/mol. The average Bonchev–Trinajstić information content (AvgIpc) is 3.13. The van der Waals surface area contributed by atoms with Gasteiger partial charge in [0.2, 0.25) is 0 Å². The molecule has 0 unspecified atom stereocenters. The summed E-state index contributed by atoms with van der Waals surface area (Å²) in [7, 11) is 0. The van der Waals surface area contributed by atoms with E-state index in [2.05, 4.69) is 26.8 Å². The van der Waals surface area contributed by atoms with Crippen molar-refractivity contribution >= 4 is 62.3 Å². The minimum absolute atomic E-state index is 0.000177. The van der Waals surface area contributed by atoms with Gasteiger partial charge in [-0.05, 0) is 65.7 Å². The number of benzene rings is 2. The monoisotopic (exact) mass is 589 g/mol. The topological polar surface area (TPSA) is 94.4 Å². The smallest absolute Gasteiger partial charge is 0.344 e. The highest BCUT2D eigenvalue weighted by Crippen LogP contribution is 2.42. The first kappa shape index (κ1) is 27.4. The van der Waals surface area contributed by atoms with Crippen molar-refractivity contribution in [1.29, 1.82) is 0 Å². The number of aliphatic hydroxyl groups is 1. The van der Waals surface area contributed by atoms with Gasteiger partial charge in [-0.1, -0.05) is 41.4 Å². The molecule has 10 heteroatoms. The zero-order valence-electron chi connectivity index (χ0n) is 19.3. The first-order valence-corrected chi connectivity index (χ1v) is 12.7. The van der Waals surface area contributed by atoms with Crippen molar-refractivity contribution in [1.82, 2.24) is 0 Å². The molecule has 1 heterocycles. The molecule has 0 fully saturated rings. The summed E-state index contributed by atoms with van der Waals surface area (Å²) in [4.78, 5) is 29.8. The molecule has 2 aromatic rings. The Morgan fingerprint density at radius 3 is 2.64 bits per heavy atom. The van der Waals surface area contributed by atoms with Gasteiger partial charge >= 0.3 is 5.97 Å². The Morgan fingerprint density at radius 1 is 1.22 bits per heavy atom. The molecule has 2 aromatic carbocycles. The van der Waals surface area contributed by atoms with E-state index in [0.29, 0.717) is 28.1 Å². The summed E-state index contributed by atoms with van der Waals surface area (Å²) in [6.07, 6.45) is 6.92. The van der Waals surface area contributed by atoms with Crippen molar-refractivity contribution in [3.05, 3.63) is 73.3 Å². The van der Waals surface area contributed by atoms with E-state index in [0.717, 1.165) is 11.8 Å². The Morgan fingerprint density at radius 2 is 1.97 bits per heavy atom. The van der Waals surface area contributed by atoms with Gasteiger partial charge < -0.3 is 19.3 Å². The van der Waals surface area contributed by atoms with Gasteiger partial charge in [0, 0.05) is 0 Å². The lowest BCUT2D eigenvalue weighted by atomic mass is 10.1. The maximum absolute atomic E-state index is 12.8. The number of thioether (sulfide) groups is 1. The molecule has 0 bridgehead atoms. The first-order valence-electron chi connectivity index (χ1n) is 10.7. The number of hydrogen-bond donors (Lipinski definition) is 1. The molecule has 0 atom stereocenters. The molecule has 0 radical (unpaired) electrons.